The lowest BCUT2D eigenvalue weighted by Gasteiger charge is -2.07. The molecule has 1 amide bonds. The monoisotopic (exact) mass is 382 g/mol. The van der Waals surface area contributed by atoms with Crippen molar-refractivity contribution in [1.29, 1.82) is 0 Å². The molecule has 0 aliphatic heterocycles. The molecule has 148 valence electrons. The van der Waals surface area contributed by atoms with Gasteiger partial charge in [-0.05, 0) is 42.8 Å². The van der Waals surface area contributed by atoms with Gasteiger partial charge in [0, 0.05) is 18.1 Å². The molecule has 0 saturated carbocycles. The normalized spacial score (nSPS) is 10.6. The van der Waals surface area contributed by atoms with E-state index < -0.39 is 5.97 Å². The van der Waals surface area contributed by atoms with Gasteiger partial charge in [-0.15, -0.1) is 0 Å². The molecule has 0 bridgehead atoms. The van der Waals surface area contributed by atoms with Crippen LogP contribution in [0.4, 0.5) is 0 Å². The van der Waals surface area contributed by atoms with Gasteiger partial charge in [-0.25, -0.2) is 5.43 Å². The molecule has 0 radical (unpaired) electrons. The Kier molecular flexibility index (Phi) is 8.72. The summed E-state index contributed by atoms with van der Waals surface area (Å²) in [5.74, 6) is 0.369. The van der Waals surface area contributed by atoms with Crippen LogP contribution in [-0.4, -0.2) is 24.7 Å². The first-order valence-electron chi connectivity index (χ1n) is 9.44. The highest BCUT2D eigenvalue weighted by molar-refractivity contribution is 5.95. The van der Waals surface area contributed by atoms with Crippen molar-refractivity contribution in [2.75, 3.05) is 6.61 Å². The minimum absolute atomic E-state index is 0.337. The van der Waals surface area contributed by atoms with Crippen LogP contribution in [0.3, 0.4) is 0 Å². The van der Waals surface area contributed by atoms with Gasteiger partial charge in [0.15, 0.2) is 0 Å². The first-order chi connectivity index (χ1) is 13.6. The third-order valence-corrected chi connectivity index (χ3v) is 3.93. The molecule has 1 N–H and O–H groups in total. The van der Waals surface area contributed by atoms with Crippen LogP contribution in [0.25, 0.3) is 0 Å². The maximum atomic E-state index is 12.2. The Bertz CT molecular complexity index is 800. The van der Waals surface area contributed by atoms with E-state index in [2.05, 4.69) is 17.5 Å². The van der Waals surface area contributed by atoms with Gasteiger partial charge in [0.05, 0.1) is 12.8 Å². The van der Waals surface area contributed by atoms with Crippen molar-refractivity contribution in [1.82, 2.24) is 5.43 Å². The highest BCUT2D eigenvalue weighted by Gasteiger charge is 2.06. The molecule has 0 saturated heterocycles. The molecule has 0 spiro atoms. The Balaban J connectivity index is 1.86. The number of carbonyl (C=O) groups is 2. The zero-order valence-electron chi connectivity index (χ0n) is 16.3. The van der Waals surface area contributed by atoms with Crippen LogP contribution in [0.5, 0.6) is 11.5 Å². The third-order valence-electron chi connectivity index (χ3n) is 3.93. The van der Waals surface area contributed by atoms with Crippen LogP contribution < -0.4 is 14.9 Å². The highest BCUT2D eigenvalue weighted by Crippen LogP contribution is 2.16. The molecular weight excluding hydrogens is 356 g/mol. The number of carbonyl (C=O) groups excluding carboxylic acids is 2. The molecule has 0 atom stereocenters. The van der Waals surface area contributed by atoms with Gasteiger partial charge in [-0.1, -0.05) is 38.3 Å². The van der Waals surface area contributed by atoms with Crippen molar-refractivity contribution in [3.8, 4) is 11.5 Å². The summed E-state index contributed by atoms with van der Waals surface area (Å²) in [7, 11) is 0. The second-order valence-electron chi connectivity index (χ2n) is 6.26. The second kappa shape index (κ2) is 11.5. The number of hydrazone groups is 1. The number of unbranched alkanes of at least 4 members (excludes halogenated alkanes) is 3. The lowest BCUT2D eigenvalue weighted by molar-refractivity contribution is -0.131. The van der Waals surface area contributed by atoms with Crippen molar-refractivity contribution in [2.45, 2.75) is 39.5 Å². The lowest BCUT2D eigenvalue weighted by atomic mass is 10.2. The molecule has 0 fully saturated rings. The predicted octanol–water partition coefficient (Wildman–Crippen LogP) is 4.33. The maximum Gasteiger partial charge on any atom is 0.308 e. The number of rotatable bonds is 10. The van der Waals surface area contributed by atoms with E-state index >= 15 is 0 Å². The first kappa shape index (κ1) is 21.2. The van der Waals surface area contributed by atoms with Crippen molar-refractivity contribution < 1.29 is 19.1 Å². The van der Waals surface area contributed by atoms with E-state index in [4.69, 9.17) is 9.47 Å². The summed E-state index contributed by atoms with van der Waals surface area (Å²) in [5.41, 5.74) is 3.53. The number of nitrogens with zero attached hydrogens (tertiary/aromatic N) is 1. The number of para-hydroxylation sites is 1. The molecule has 2 aromatic rings. The van der Waals surface area contributed by atoms with E-state index in [0.717, 1.165) is 18.6 Å². The Morgan fingerprint density at radius 3 is 2.50 bits per heavy atom. The second-order valence-corrected chi connectivity index (χ2v) is 6.26. The number of nitrogens with one attached hydrogen (secondary N) is 1. The molecule has 6 heteroatoms. The summed E-state index contributed by atoms with van der Waals surface area (Å²) in [6.45, 7) is 4.18. The van der Waals surface area contributed by atoms with Gasteiger partial charge in [0.1, 0.15) is 11.5 Å². The largest absolute Gasteiger partial charge is 0.494 e. The van der Waals surface area contributed by atoms with Crippen LogP contribution in [0.15, 0.2) is 53.6 Å². The summed E-state index contributed by atoms with van der Waals surface area (Å²) < 4.78 is 10.8. The molecule has 0 unspecified atom stereocenters. The van der Waals surface area contributed by atoms with E-state index in [-0.39, 0.29) is 5.91 Å². The van der Waals surface area contributed by atoms with Gasteiger partial charge >= 0.3 is 5.97 Å². The molecule has 0 aromatic heterocycles. The van der Waals surface area contributed by atoms with E-state index in [0.29, 0.717) is 23.5 Å². The van der Waals surface area contributed by atoms with Crippen LogP contribution in [0.1, 0.15) is 55.5 Å². The van der Waals surface area contributed by atoms with Crippen LogP contribution >= 0.6 is 0 Å². The Morgan fingerprint density at radius 1 is 1.04 bits per heavy atom. The fourth-order valence-corrected chi connectivity index (χ4v) is 2.48. The number of hydrogen-bond donors (Lipinski definition) is 1. The van der Waals surface area contributed by atoms with Crippen LogP contribution in [-0.2, 0) is 4.79 Å². The predicted molar refractivity (Wildman–Crippen MR) is 109 cm³/mol. The van der Waals surface area contributed by atoms with E-state index in [9.17, 15) is 9.59 Å². The minimum atomic E-state index is -0.419. The number of ether oxygens (including phenoxy) is 2. The molecule has 28 heavy (non-hydrogen) atoms. The van der Waals surface area contributed by atoms with Crippen molar-refractivity contribution >= 4 is 18.1 Å². The zero-order chi connectivity index (χ0) is 20.2. The third kappa shape index (κ3) is 7.23. The van der Waals surface area contributed by atoms with Crippen molar-refractivity contribution in [2.24, 2.45) is 5.10 Å². The molecule has 0 aliphatic carbocycles. The Labute approximate surface area is 165 Å². The van der Waals surface area contributed by atoms with Gasteiger partial charge in [-0.3, -0.25) is 9.59 Å². The SMILES string of the molecule is CCCCCCOc1ccc(C(=O)NN=Cc2ccccc2OC(C)=O)cc1. The van der Waals surface area contributed by atoms with E-state index in [1.165, 1.54) is 26.0 Å². The Morgan fingerprint density at radius 2 is 1.79 bits per heavy atom. The molecule has 0 aliphatic rings. The number of hydrogen-bond acceptors (Lipinski definition) is 5. The topological polar surface area (TPSA) is 77.0 Å². The fraction of sp³-hybridized carbons (Fsp3) is 0.318. The zero-order valence-corrected chi connectivity index (χ0v) is 16.3. The van der Waals surface area contributed by atoms with E-state index in [1.807, 2.05) is 0 Å². The first-order valence-corrected chi connectivity index (χ1v) is 9.44. The summed E-state index contributed by atoms with van der Waals surface area (Å²) in [4.78, 5) is 23.3. The molecular formula is C22H26N2O4. The number of amides is 1. The average molecular weight is 382 g/mol. The van der Waals surface area contributed by atoms with Gasteiger partial charge in [-0.2, -0.15) is 5.10 Å². The van der Waals surface area contributed by atoms with Gasteiger partial charge < -0.3 is 9.47 Å². The molecule has 2 aromatic carbocycles. The summed E-state index contributed by atoms with van der Waals surface area (Å²) in [6.07, 6.45) is 6.04. The van der Waals surface area contributed by atoms with Crippen LogP contribution in [0.2, 0.25) is 0 Å². The average Bonchev–Trinajstić information content (AvgIpc) is 2.69. The minimum Gasteiger partial charge on any atom is -0.494 e. The molecule has 0 heterocycles. The fourth-order valence-electron chi connectivity index (χ4n) is 2.48. The highest BCUT2D eigenvalue weighted by atomic mass is 16.5. The summed E-state index contributed by atoms with van der Waals surface area (Å²) in [5, 5.41) is 3.94. The maximum absolute atomic E-state index is 12.2. The standard InChI is InChI=1S/C22H26N2O4/c1-3-4-5-8-15-27-20-13-11-18(12-14-20)22(26)24-23-16-19-9-6-7-10-21(19)28-17(2)25/h6-7,9-14,16H,3-5,8,15H2,1-2H3,(H,24,26). The number of esters is 1. The number of benzene rings is 2. The van der Waals surface area contributed by atoms with Crippen LogP contribution in [0, 0.1) is 0 Å². The lowest BCUT2D eigenvalue weighted by Crippen LogP contribution is -2.17. The molecule has 2 rings (SSSR count). The summed E-state index contributed by atoms with van der Waals surface area (Å²) in [6, 6.07) is 13.9. The molecule has 6 nitrogen and oxygen atoms in total. The van der Waals surface area contributed by atoms with Gasteiger partial charge in [0.2, 0.25) is 0 Å². The smallest absolute Gasteiger partial charge is 0.308 e. The van der Waals surface area contributed by atoms with Crippen molar-refractivity contribution in [3.05, 3.63) is 59.7 Å². The summed E-state index contributed by atoms with van der Waals surface area (Å²) >= 11 is 0. The van der Waals surface area contributed by atoms with E-state index in [1.54, 1.807) is 48.5 Å². The van der Waals surface area contributed by atoms with Crippen molar-refractivity contribution in [3.63, 3.8) is 0 Å². The Hall–Kier alpha value is -3.15. The quantitative estimate of drug-likeness (QED) is 0.218. The van der Waals surface area contributed by atoms with Gasteiger partial charge in [0.25, 0.3) is 5.91 Å².